The maximum absolute atomic E-state index is 5.62. The summed E-state index contributed by atoms with van der Waals surface area (Å²) in [5, 5.41) is 3.39. The molecule has 0 spiro atoms. The SMILES string of the molecule is COc1cc(CN2CCCC2)ccc1N1CCNCC1. The monoisotopic (exact) mass is 275 g/mol. The van der Waals surface area contributed by atoms with Crippen molar-refractivity contribution >= 4 is 5.69 Å². The second-order valence-corrected chi connectivity index (χ2v) is 5.73. The standard InChI is InChI=1S/C16H25N3O/c1-20-16-12-14(13-18-8-2-3-9-18)4-5-15(16)19-10-6-17-7-11-19/h4-5,12,17H,2-3,6-11,13H2,1H3. The van der Waals surface area contributed by atoms with Gasteiger partial charge in [-0.25, -0.2) is 0 Å². The lowest BCUT2D eigenvalue weighted by atomic mass is 10.1. The van der Waals surface area contributed by atoms with E-state index in [1.807, 2.05) is 0 Å². The molecular weight excluding hydrogens is 250 g/mol. The highest BCUT2D eigenvalue weighted by Gasteiger charge is 2.17. The molecule has 0 saturated carbocycles. The van der Waals surface area contributed by atoms with Crippen LogP contribution < -0.4 is 15.0 Å². The predicted molar refractivity (Wildman–Crippen MR) is 82.6 cm³/mol. The molecule has 0 unspecified atom stereocenters. The Hall–Kier alpha value is -1.26. The minimum Gasteiger partial charge on any atom is -0.495 e. The molecular formula is C16H25N3O. The Morgan fingerprint density at radius 2 is 1.85 bits per heavy atom. The Kier molecular flexibility index (Phi) is 4.43. The van der Waals surface area contributed by atoms with E-state index < -0.39 is 0 Å². The molecule has 0 radical (unpaired) electrons. The summed E-state index contributed by atoms with van der Waals surface area (Å²) in [5.74, 6) is 1.02. The molecule has 110 valence electrons. The summed E-state index contributed by atoms with van der Waals surface area (Å²) in [5.41, 5.74) is 2.60. The van der Waals surface area contributed by atoms with Crippen LogP contribution >= 0.6 is 0 Å². The van der Waals surface area contributed by atoms with Crippen molar-refractivity contribution in [3.63, 3.8) is 0 Å². The molecule has 2 aliphatic heterocycles. The van der Waals surface area contributed by atoms with Crippen molar-refractivity contribution in [2.24, 2.45) is 0 Å². The van der Waals surface area contributed by atoms with Gasteiger partial charge in [-0.05, 0) is 43.6 Å². The number of methoxy groups -OCH3 is 1. The minimum absolute atomic E-state index is 1.02. The third-order valence-electron chi connectivity index (χ3n) is 4.31. The average Bonchev–Trinajstić information content (AvgIpc) is 3.01. The zero-order valence-electron chi connectivity index (χ0n) is 12.4. The molecule has 2 heterocycles. The Morgan fingerprint density at radius 3 is 2.55 bits per heavy atom. The number of hydrogen-bond acceptors (Lipinski definition) is 4. The van der Waals surface area contributed by atoms with Crippen molar-refractivity contribution in [1.29, 1.82) is 0 Å². The summed E-state index contributed by atoms with van der Waals surface area (Å²) in [6.07, 6.45) is 2.69. The zero-order chi connectivity index (χ0) is 13.8. The van der Waals surface area contributed by atoms with E-state index in [-0.39, 0.29) is 0 Å². The fourth-order valence-electron chi connectivity index (χ4n) is 3.19. The van der Waals surface area contributed by atoms with Gasteiger partial charge < -0.3 is 15.0 Å². The molecule has 0 atom stereocenters. The third-order valence-corrected chi connectivity index (χ3v) is 4.31. The minimum atomic E-state index is 1.02. The molecule has 0 aromatic heterocycles. The van der Waals surface area contributed by atoms with Crippen molar-refractivity contribution in [2.45, 2.75) is 19.4 Å². The van der Waals surface area contributed by atoms with Crippen LogP contribution in [0.5, 0.6) is 5.75 Å². The lowest BCUT2D eigenvalue weighted by Gasteiger charge is -2.31. The molecule has 4 nitrogen and oxygen atoms in total. The van der Waals surface area contributed by atoms with Gasteiger partial charge in [-0.2, -0.15) is 0 Å². The van der Waals surface area contributed by atoms with Gasteiger partial charge in [-0.3, -0.25) is 4.90 Å². The lowest BCUT2D eigenvalue weighted by molar-refractivity contribution is 0.330. The number of likely N-dealkylation sites (tertiary alicyclic amines) is 1. The van der Waals surface area contributed by atoms with Gasteiger partial charge >= 0.3 is 0 Å². The molecule has 1 aromatic carbocycles. The Morgan fingerprint density at radius 1 is 1.10 bits per heavy atom. The average molecular weight is 275 g/mol. The molecule has 2 saturated heterocycles. The first kappa shape index (κ1) is 13.7. The third kappa shape index (κ3) is 3.07. The van der Waals surface area contributed by atoms with Gasteiger partial charge in [-0.1, -0.05) is 6.07 Å². The topological polar surface area (TPSA) is 27.7 Å². The van der Waals surface area contributed by atoms with Crippen molar-refractivity contribution in [3.05, 3.63) is 23.8 Å². The van der Waals surface area contributed by atoms with Crippen LogP contribution in [0.1, 0.15) is 18.4 Å². The van der Waals surface area contributed by atoms with E-state index in [0.717, 1.165) is 38.5 Å². The van der Waals surface area contributed by atoms with Crippen molar-refractivity contribution in [2.75, 3.05) is 51.3 Å². The number of ether oxygens (including phenoxy) is 1. The van der Waals surface area contributed by atoms with Crippen LogP contribution in [0.4, 0.5) is 5.69 Å². The molecule has 1 N–H and O–H groups in total. The number of nitrogens with zero attached hydrogens (tertiary/aromatic N) is 2. The van der Waals surface area contributed by atoms with Crippen LogP contribution in [0, 0.1) is 0 Å². The van der Waals surface area contributed by atoms with Crippen molar-refractivity contribution < 1.29 is 4.74 Å². The second kappa shape index (κ2) is 6.46. The molecule has 4 heteroatoms. The molecule has 2 aliphatic rings. The zero-order valence-corrected chi connectivity index (χ0v) is 12.4. The quantitative estimate of drug-likeness (QED) is 0.905. The Bertz CT molecular complexity index is 437. The molecule has 0 bridgehead atoms. The van der Waals surface area contributed by atoms with Crippen LogP contribution in [-0.2, 0) is 6.54 Å². The van der Waals surface area contributed by atoms with Crippen LogP contribution in [0.3, 0.4) is 0 Å². The molecule has 0 aliphatic carbocycles. The highest BCUT2D eigenvalue weighted by molar-refractivity contribution is 5.60. The first-order chi connectivity index (χ1) is 9.86. The smallest absolute Gasteiger partial charge is 0.142 e. The van der Waals surface area contributed by atoms with Crippen LogP contribution in [0.25, 0.3) is 0 Å². The number of piperazine rings is 1. The summed E-state index contributed by atoms with van der Waals surface area (Å²) in [7, 11) is 1.78. The van der Waals surface area contributed by atoms with E-state index in [2.05, 4.69) is 33.3 Å². The van der Waals surface area contributed by atoms with E-state index in [9.17, 15) is 0 Å². The van der Waals surface area contributed by atoms with E-state index in [1.54, 1.807) is 7.11 Å². The van der Waals surface area contributed by atoms with Crippen molar-refractivity contribution in [1.82, 2.24) is 10.2 Å². The van der Waals surface area contributed by atoms with E-state index in [0.29, 0.717) is 0 Å². The molecule has 1 aromatic rings. The largest absolute Gasteiger partial charge is 0.495 e. The number of anilines is 1. The highest BCUT2D eigenvalue weighted by atomic mass is 16.5. The van der Waals surface area contributed by atoms with Gasteiger partial charge in [0.1, 0.15) is 5.75 Å². The van der Waals surface area contributed by atoms with Gasteiger partial charge in [0, 0.05) is 32.7 Å². The molecule has 2 fully saturated rings. The van der Waals surface area contributed by atoms with E-state index in [1.165, 1.54) is 37.2 Å². The number of hydrogen-bond donors (Lipinski definition) is 1. The predicted octanol–water partition coefficient (Wildman–Crippen LogP) is 1.70. The van der Waals surface area contributed by atoms with Crippen molar-refractivity contribution in [3.8, 4) is 5.75 Å². The van der Waals surface area contributed by atoms with Gasteiger partial charge in [0.15, 0.2) is 0 Å². The Balaban J connectivity index is 1.74. The first-order valence-corrected chi connectivity index (χ1v) is 7.72. The van der Waals surface area contributed by atoms with Crippen LogP contribution in [0.2, 0.25) is 0 Å². The first-order valence-electron chi connectivity index (χ1n) is 7.72. The highest BCUT2D eigenvalue weighted by Crippen LogP contribution is 2.30. The summed E-state index contributed by atoms with van der Waals surface area (Å²) in [4.78, 5) is 4.94. The van der Waals surface area contributed by atoms with Gasteiger partial charge in [-0.15, -0.1) is 0 Å². The summed E-state index contributed by atoms with van der Waals surface area (Å²) in [6.45, 7) is 7.75. The summed E-state index contributed by atoms with van der Waals surface area (Å²) < 4.78 is 5.62. The van der Waals surface area contributed by atoms with E-state index in [4.69, 9.17) is 4.74 Å². The molecule has 20 heavy (non-hydrogen) atoms. The Labute approximate surface area is 121 Å². The fourth-order valence-corrected chi connectivity index (χ4v) is 3.19. The number of nitrogens with one attached hydrogen (secondary N) is 1. The van der Waals surface area contributed by atoms with Gasteiger partial charge in [0.25, 0.3) is 0 Å². The van der Waals surface area contributed by atoms with Gasteiger partial charge in [0.2, 0.25) is 0 Å². The van der Waals surface area contributed by atoms with Crippen LogP contribution in [-0.4, -0.2) is 51.3 Å². The molecule has 0 amide bonds. The molecule has 3 rings (SSSR count). The number of benzene rings is 1. The number of rotatable bonds is 4. The van der Waals surface area contributed by atoms with Crippen LogP contribution in [0.15, 0.2) is 18.2 Å². The van der Waals surface area contributed by atoms with E-state index >= 15 is 0 Å². The maximum atomic E-state index is 5.62. The normalized spacial score (nSPS) is 20.4. The lowest BCUT2D eigenvalue weighted by Crippen LogP contribution is -2.43. The van der Waals surface area contributed by atoms with Gasteiger partial charge in [0.05, 0.1) is 12.8 Å². The summed E-state index contributed by atoms with van der Waals surface area (Å²) >= 11 is 0. The maximum Gasteiger partial charge on any atom is 0.142 e. The fraction of sp³-hybridized carbons (Fsp3) is 0.625. The summed E-state index contributed by atoms with van der Waals surface area (Å²) in [6, 6.07) is 6.71. The second-order valence-electron chi connectivity index (χ2n) is 5.73.